The molecule has 1 fully saturated rings. The van der Waals surface area contributed by atoms with E-state index in [4.69, 9.17) is 61.3 Å². The predicted octanol–water partition coefficient (Wildman–Crippen LogP) is 14.1. The summed E-state index contributed by atoms with van der Waals surface area (Å²) in [5.41, 5.74) is 8.80. The molecule has 0 saturated carbocycles. The molecule has 0 radical (unpaired) electrons. The number of phenolic OH excluding ortho intramolecular Hbond substituents is 18. The van der Waals surface area contributed by atoms with Crippen molar-refractivity contribution in [3.63, 3.8) is 0 Å². The van der Waals surface area contributed by atoms with Crippen LogP contribution in [0.4, 0.5) is 5.69 Å². The standard InChI is InChI=1S/C18H19NO3.C16H15NO3.C15H13NO3.C13H15NO3.5C10H11NO3/c20-16-10-8-15(13-17(16)21)9-11-18(22)19-12-4-7-14-5-2-1-3-6-14;18-14-8-6-12(10-15(14)19)7-9-16(20)17-11-13-4-2-1-3-5-13;17-13-8-6-11(10-14(13)18)7-9-15(19)16-12-4-2-1-3-5-12;15-11-5-3-10(9-12(11)16)4-6-13(17)14-7-1-2-8-14;5*1-11-10(14)5-3-7-2-4-8(12)9(13)6-7/h1-3,5-6,8-11,13,20-21H,4,7,12H2,(H,19,22);1-10,18-19H,11H2,(H,17,20);1-10,17-18H,(H,16,19);3-6,9,15-16H,1-2,7-8H2;5*2-6,12-13H,1H3,(H,11,14)/b11-9+;2*9-7+;6-4+;5*5-3+. The molecule has 12 aromatic carbocycles. The first kappa shape index (κ1) is 118. The monoisotopic (exact) mass is 2020 g/mol. The minimum absolute atomic E-state index is 0.00457. The average molecular weight is 2020 g/mol. The number of carbonyl (C=O) groups excluding carboxylic acids is 9. The van der Waals surface area contributed by atoms with Crippen LogP contribution in [-0.2, 0) is 56.1 Å². The molecule has 772 valence electrons. The lowest BCUT2D eigenvalue weighted by Gasteiger charge is -2.11. The van der Waals surface area contributed by atoms with Crippen molar-refractivity contribution in [2.45, 2.75) is 32.2 Å². The molecule has 0 bridgehead atoms. The summed E-state index contributed by atoms with van der Waals surface area (Å²) in [4.78, 5) is 103. The Morgan fingerprint density at radius 1 is 0.236 bits per heavy atom. The molecule has 0 aliphatic carbocycles. The molecule has 1 aliphatic heterocycles. The van der Waals surface area contributed by atoms with Crippen molar-refractivity contribution < 1.29 is 135 Å². The lowest BCUT2D eigenvalue weighted by Crippen LogP contribution is -2.25. The number of amides is 9. The third-order valence-corrected chi connectivity index (χ3v) is 19.6. The van der Waals surface area contributed by atoms with Gasteiger partial charge >= 0.3 is 0 Å². The Kier molecular flexibility index (Phi) is 52.0. The minimum atomic E-state index is -0.265. The van der Waals surface area contributed by atoms with Crippen molar-refractivity contribution >= 4 is 114 Å². The van der Waals surface area contributed by atoms with Gasteiger partial charge in [0, 0.05) is 122 Å². The third kappa shape index (κ3) is 47.7. The maximum absolute atomic E-state index is 11.7. The van der Waals surface area contributed by atoms with Crippen molar-refractivity contribution in [2.24, 2.45) is 0 Å². The number of hydrogen-bond donors (Lipinski definition) is 26. The Morgan fingerprint density at radius 2 is 0.446 bits per heavy atom. The van der Waals surface area contributed by atoms with Gasteiger partial charge in [0.15, 0.2) is 103 Å². The zero-order valence-corrected chi connectivity index (χ0v) is 81.0. The summed E-state index contributed by atoms with van der Waals surface area (Å²) in [5.74, 6) is -5.23. The van der Waals surface area contributed by atoms with Crippen LogP contribution in [0.5, 0.6) is 103 Å². The Labute approximate surface area is 852 Å². The highest BCUT2D eigenvalue weighted by atomic mass is 16.3. The van der Waals surface area contributed by atoms with Crippen LogP contribution in [0.2, 0.25) is 0 Å². The molecule has 36 nitrogen and oxygen atoms in total. The number of carbonyl (C=O) groups is 9. The van der Waals surface area contributed by atoms with E-state index in [2.05, 4.69) is 54.7 Å². The fourth-order valence-corrected chi connectivity index (χ4v) is 11.6. The summed E-state index contributed by atoms with van der Waals surface area (Å²) in [6.45, 7) is 2.72. The number of nitrogens with one attached hydrogen (secondary N) is 8. The second kappa shape index (κ2) is 65.0. The molecular formula is C112H117N9O27. The zero-order valence-electron chi connectivity index (χ0n) is 81.0. The number of likely N-dealkylation sites (N-methyl/N-ethyl adjacent to an activating group) is 5. The van der Waals surface area contributed by atoms with Crippen LogP contribution in [0, 0.1) is 0 Å². The third-order valence-electron chi connectivity index (χ3n) is 19.6. The summed E-state index contributed by atoms with van der Waals surface area (Å²) in [5, 5.41) is 185. The molecule has 9 amide bonds. The minimum Gasteiger partial charge on any atom is -0.504 e. The van der Waals surface area contributed by atoms with Gasteiger partial charge in [0.05, 0.1) is 0 Å². The Morgan fingerprint density at radius 3 is 0.682 bits per heavy atom. The van der Waals surface area contributed by atoms with Crippen LogP contribution >= 0.6 is 0 Å². The molecule has 1 saturated heterocycles. The first-order valence-corrected chi connectivity index (χ1v) is 45.0. The van der Waals surface area contributed by atoms with E-state index in [1.165, 1.54) is 235 Å². The number of anilines is 1. The fourth-order valence-electron chi connectivity index (χ4n) is 11.6. The van der Waals surface area contributed by atoms with E-state index in [0.29, 0.717) is 68.8 Å². The highest BCUT2D eigenvalue weighted by Crippen LogP contribution is 2.33. The predicted molar refractivity (Wildman–Crippen MR) is 567 cm³/mol. The summed E-state index contributed by atoms with van der Waals surface area (Å²) in [6, 6.07) is 68.0. The van der Waals surface area contributed by atoms with Crippen molar-refractivity contribution in [2.75, 3.05) is 60.2 Å². The Hall–Kier alpha value is -20.1. The average Bonchev–Trinajstić information content (AvgIpc) is 1.50. The number of para-hydroxylation sites is 1. The van der Waals surface area contributed by atoms with Crippen molar-refractivity contribution in [1.29, 1.82) is 0 Å². The summed E-state index contributed by atoms with van der Waals surface area (Å²) in [7, 11) is 7.64. The van der Waals surface area contributed by atoms with E-state index < -0.39 is 0 Å². The number of aryl methyl sites for hydroxylation is 1. The van der Waals surface area contributed by atoms with E-state index >= 15 is 0 Å². The smallest absolute Gasteiger partial charge is 0.248 e. The summed E-state index contributed by atoms with van der Waals surface area (Å²) < 4.78 is 0. The topological polar surface area (TPSA) is 617 Å². The maximum atomic E-state index is 11.7. The number of aromatic hydroxyl groups is 18. The molecular weight excluding hydrogens is 1900 g/mol. The Balaban J connectivity index is 0.000000294. The molecule has 148 heavy (non-hydrogen) atoms. The van der Waals surface area contributed by atoms with Crippen LogP contribution in [0.3, 0.4) is 0 Å². The highest BCUT2D eigenvalue weighted by molar-refractivity contribution is 6.02. The van der Waals surface area contributed by atoms with Crippen LogP contribution in [0.15, 0.2) is 309 Å². The fraction of sp³-hybridized carbons (Fsp3) is 0.116. The molecule has 0 aromatic heterocycles. The normalized spacial score (nSPS) is 11.1. The number of nitrogens with zero attached hydrogens (tertiary/aromatic N) is 1. The highest BCUT2D eigenvalue weighted by Gasteiger charge is 2.16. The second-order valence-electron chi connectivity index (χ2n) is 30.8. The molecule has 0 unspecified atom stereocenters. The van der Waals surface area contributed by atoms with Crippen molar-refractivity contribution in [1.82, 2.24) is 42.1 Å². The molecule has 26 N–H and O–H groups in total. The molecule has 36 heteroatoms. The number of rotatable bonds is 25. The summed E-state index contributed by atoms with van der Waals surface area (Å²) in [6.07, 6.45) is 30.3. The largest absolute Gasteiger partial charge is 0.504 e. The lowest BCUT2D eigenvalue weighted by molar-refractivity contribution is -0.125. The van der Waals surface area contributed by atoms with E-state index in [0.717, 1.165) is 44.3 Å². The van der Waals surface area contributed by atoms with Gasteiger partial charge in [0.2, 0.25) is 53.2 Å². The number of hydrogen-bond acceptors (Lipinski definition) is 27. The van der Waals surface area contributed by atoms with Crippen LogP contribution < -0.4 is 42.5 Å². The van der Waals surface area contributed by atoms with Crippen LogP contribution in [-0.4, -0.2) is 205 Å². The van der Waals surface area contributed by atoms with Gasteiger partial charge in [-0.2, -0.15) is 0 Å². The Bertz CT molecular complexity index is 6250. The van der Waals surface area contributed by atoms with E-state index in [1.54, 1.807) is 95.9 Å². The van der Waals surface area contributed by atoms with Gasteiger partial charge in [-0.25, -0.2) is 0 Å². The first-order chi connectivity index (χ1) is 70.8. The number of benzene rings is 12. The van der Waals surface area contributed by atoms with E-state index in [-0.39, 0.29) is 157 Å². The summed E-state index contributed by atoms with van der Waals surface area (Å²) >= 11 is 0. The molecule has 0 spiro atoms. The van der Waals surface area contributed by atoms with Gasteiger partial charge < -0.3 is 139 Å². The van der Waals surface area contributed by atoms with Gasteiger partial charge in [-0.1, -0.05) is 133 Å². The molecule has 1 aliphatic rings. The van der Waals surface area contributed by atoms with Gasteiger partial charge in [-0.05, 0) is 263 Å². The van der Waals surface area contributed by atoms with E-state index in [1.807, 2.05) is 66.7 Å². The molecule has 1 heterocycles. The van der Waals surface area contributed by atoms with Gasteiger partial charge in [-0.15, -0.1) is 0 Å². The van der Waals surface area contributed by atoms with E-state index in [9.17, 15) is 73.8 Å². The quantitative estimate of drug-likeness (QED) is 0.0144. The number of likely N-dealkylation sites (tertiary alicyclic amines) is 1. The van der Waals surface area contributed by atoms with Crippen LogP contribution in [0.25, 0.3) is 54.7 Å². The maximum Gasteiger partial charge on any atom is 0.248 e. The number of phenols is 18. The van der Waals surface area contributed by atoms with Crippen molar-refractivity contribution in [3.8, 4) is 103 Å². The lowest BCUT2D eigenvalue weighted by atomic mass is 10.1. The zero-order chi connectivity index (χ0) is 109. The molecule has 0 atom stereocenters. The SMILES string of the molecule is CNC(=O)/C=C/c1ccc(O)c(O)c1.CNC(=O)/C=C/c1ccc(O)c(O)c1.CNC(=O)/C=C/c1ccc(O)c(O)c1.CNC(=O)/C=C/c1ccc(O)c(O)c1.CNC(=O)/C=C/c1ccc(O)c(O)c1.O=C(/C=C/c1ccc(O)c(O)c1)N1CCCC1.O=C(/C=C/c1ccc(O)c(O)c1)NCCCc1ccccc1.O=C(/C=C/c1ccc(O)c(O)c1)NCc1ccccc1.O=C(/C=C/c1ccc(O)c(O)c1)Nc1ccccc1. The van der Waals surface area contributed by atoms with Crippen LogP contribution in [0.1, 0.15) is 80.5 Å². The molecule has 13 rings (SSSR count). The molecule has 12 aromatic rings. The van der Waals surface area contributed by atoms with Gasteiger partial charge in [0.25, 0.3) is 0 Å². The van der Waals surface area contributed by atoms with Gasteiger partial charge in [0.1, 0.15) is 0 Å². The first-order valence-electron chi connectivity index (χ1n) is 45.0. The van der Waals surface area contributed by atoms with Gasteiger partial charge in [-0.3, -0.25) is 43.2 Å². The van der Waals surface area contributed by atoms with Crippen molar-refractivity contribution in [3.05, 3.63) is 371 Å². The second-order valence-corrected chi connectivity index (χ2v) is 30.8.